The average Bonchev–Trinajstić information content (AvgIpc) is 2.55. The summed E-state index contributed by atoms with van der Waals surface area (Å²) in [6.45, 7) is 1.24. The summed E-state index contributed by atoms with van der Waals surface area (Å²) in [6, 6.07) is 6.00. The van der Waals surface area contributed by atoms with E-state index in [1.165, 1.54) is 0 Å². The monoisotopic (exact) mass is 194 g/mol. The molecule has 0 radical (unpaired) electrons. The summed E-state index contributed by atoms with van der Waals surface area (Å²) in [4.78, 5) is 3.05. The van der Waals surface area contributed by atoms with Crippen LogP contribution in [0.15, 0.2) is 17.5 Å². The molecule has 68 valence electrons. The first-order chi connectivity index (χ1) is 6.31. The van der Waals surface area contributed by atoms with E-state index in [2.05, 4.69) is 6.07 Å². The molecule has 1 N–H and O–H groups in total. The van der Waals surface area contributed by atoms with Gasteiger partial charge in [0.2, 0.25) is 0 Å². The Morgan fingerprint density at radius 2 is 2.46 bits per heavy atom. The molecule has 0 amide bonds. The van der Waals surface area contributed by atoms with Crippen LogP contribution in [0.2, 0.25) is 0 Å². The van der Waals surface area contributed by atoms with Crippen LogP contribution in [-0.4, -0.2) is 29.2 Å². The Morgan fingerprint density at radius 3 is 2.92 bits per heavy atom. The van der Waals surface area contributed by atoms with Crippen LogP contribution in [0.25, 0.3) is 0 Å². The minimum absolute atomic E-state index is 0.164. The van der Waals surface area contributed by atoms with Crippen molar-refractivity contribution in [2.24, 2.45) is 0 Å². The first kappa shape index (κ1) is 8.70. The zero-order chi connectivity index (χ0) is 9.26. The van der Waals surface area contributed by atoms with E-state index < -0.39 is 0 Å². The lowest BCUT2D eigenvalue weighted by atomic mass is 10.1. The maximum absolute atomic E-state index is 9.11. The number of nitrogens with zero attached hydrogens (tertiary/aromatic N) is 2. The van der Waals surface area contributed by atoms with Crippen molar-refractivity contribution >= 4 is 11.3 Å². The summed E-state index contributed by atoms with van der Waals surface area (Å²) in [5.74, 6) is 0. The van der Waals surface area contributed by atoms with E-state index in [0.29, 0.717) is 13.1 Å². The summed E-state index contributed by atoms with van der Waals surface area (Å²) in [6.07, 6.45) is -0.240. The molecule has 0 unspecified atom stereocenters. The van der Waals surface area contributed by atoms with Gasteiger partial charge in [-0.25, -0.2) is 0 Å². The topological polar surface area (TPSA) is 47.3 Å². The molecule has 2 rings (SSSR count). The van der Waals surface area contributed by atoms with Crippen LogP contribution in [0.5, 0.6) is 0 Å². The fourth-order valence-corrected chi connectivity index (χ4v) is 2.27. The van der Waals surface area contributed by atoms with Gasteiger partial charge in [-0.3, -0.25) is 4.90 Å². The van der Waals surface area contributed by atoms with Crippen LogP contribution in [0.4, 0.5) is 0 Å². The predicted molar refractivity (Wildman–Crippen MR) is 50.3 cm³/mol. The first-order valence-electron chi connectivity index (χ1n) is 4.16. The molecule has 0 aliphatic carbocycles. The largest absolute Gasteiger partial charge is 0.390 e. The van der Waals surface area contributed by atoms with Gasteiger partial charge in [0.25, 0.3) is 0 Å². The third kappa shape index (κ3) is 1.59. The predicted octanol–water partition coefficient (Wildman–Crippen LogP) is 0.989. The molecule has 0 aromatic carbocycles. The highest BCUT2D eigenvalue weighted by Crippen LogP contribution is 2.28. The Hall–Kier alpha value is -0.890. The lowest BCUT2D eigenvalue weighted by Crippen LogP contribution is -2.51. The second kappa shape index (κ2) is 3.46. The maximum Gasteiger partial charge on any atom is 0.133 e. The molecule has 1 aliphatic rings. The number of nitriles is 1. The van der Waals surface area contributed by atoms with Gasteiger partial charge in [-0.05, 0) is 11.4 Å². The molecular weight excluding hydrogens is 184 g/mol. The molecule has 1 aromatic heterocycles. The number of aliphatic hydroxyl groups is 1. The Bertz CT molecular complexity index is 311. The maximum atomic E-state index is 9.11. The van der Waals surface area contributed by atoms with E-state index >= 15 is 0 Å². The van der Waals surface area contributed by atoms with Crippen molar-refractivity contribution in [2.45, 2.75) is 12.1 Å². The van der Waals surface area contributed by atoms with E-state index in [0.717, 1.165) is 4.88 Å². The number of β-amino-alcohol motifs (C(OH)–C–C–N with tert-alkyl or cyclic N) is 1. The smallest absolute Gasteiger partial charge is 0.133 e. The van der Waals surface area contributed by atoms with Crippen molar-refractivity contribution in [1.82, 2.24) is 4.90 Å². The first-order valence-corrected chi connectivity index (χ1v) is 5.04. The molecule has 1 atom stereocenters. The molecule has 0 bridgehead atoms. The highest BCUT2D eigenvalue weighted by molar-refractivity contribution is 7.10. The lowest BCUT2D eigenvalue weighted by Gasteiger charge is -2.38. The molecule has 0 spiro atoms. The Morgan fingerprint density at radius 1 is 1.69 bits per heavy atom. The van der Waals surface area contributed by atoms with E-state index in [4.69, 9.17) is 10.4 Å². The second-order valence-corrected chi connectivity index (χ2v) is 4.13. The van der Waals surface area contributed by atoms with E-state index in [1.54, 1.807) is 11.3 Å². The van der Waals surface area contributed by atoms with E-state index in [9.17, 15) is 0 Å². The van der Waals surface area contributed by atoms with Crippen molar-refractivity contribution in [3.63, 3.8) is 0 Å². The van der Waals surface area contributed by atoms with Gasteiger partial charge in [-0.2, -0.15) is 5.26 Å². The van der Waals surface area contributed by atoms with E-state index in [1.807, 2.05) is 22.4 Å². The van der Waals surface area contributed by atoms with Crippen molar-refractivity contribution in [3.05, 3.63) is 22.4 Å². The SMILES string of the molecule is N#C[C@@H](c1cccs1)N1CC(O)C1. The zero-order valence-corrected chi connectivity index (χ0v) is 7.87. The number of aliphatic hydroxyl groups excluding tert-OH is 1. The highest BCUT2D eigenvalue weighted by atomic mass is 32.1. The third-order valence-corrected chi connectivity index (χ3v) is 3.12. The molecule has 13 heavy (non-hydrogen) atoms. The normalized spacial score (nSPS) is 20.6. The zero-order valence-electron chi connectivity index (χ0n) is 7.05. The van der Waals surface area contributed by atoms with Crippen molar-refractivity contribution in [1.29, 1.82) is 5.26 Å². The van der Waals surface area contributed by atoms with Gasteiger partial charge in [0.15, 0.2) is 0 Å². The Labute approximate surface area is 80.8 Å². The van der Waals surface area contributed by atoms with Gasteiger partial charge in [-0.1, -0.05) is 6.07 Å². The van der Waals surface area contributed by atoms with Gasteiger partial charge in [0.05, 0.1) is 12.2 Å². The number of likely N-dealkylation sites (tertiary alicyclic amines) is 1. The summed E-state index contributed by atoms with van der Waals surface area (Å²) >= 11 is 1.59. The molecule has 0 saturated carbocycles. The van der Waals surface area contributed by atoms with Gasteiger partial charge >= 0.3 is 0 Å². The summed E-state index contributed by atoms with van der Waals surface area (Å²) in [5.41, 5.74) is 0. The molecule has 1 fully saturated rings. The average molecular weight is 194 g/mol. The van der Waals surface area contributed by atoms with Crippen molar-refractivity contribution < 1.29 is 5.11 Å². The van der Waals surface area contributed by atoms with Gasteiger partial charge in [0.1, 0.15) is 6.04 Å². The van der Waals surface area contributed by atoms with Crippen LogP contribution in [0.3, 0.4) is 0 Å². The standard InChI is InChI=1S/C9H10N2OS/c10-4-8(9-2-1-3-13-9)11-5-7(12)6-11/h1-3,7-8,12H,5-6H2/t8-/m0/s1. The molecule has 2 heterocycles. The quantitative estimate of drug-likeness (QED) is 0.763. The summed E-state index contributed by atoms with van der Waals surface area (Å²) in [5, 5.41) is 20.0. The summed E-state index contributed by atoms with van der Waals surface area (Å²) < 4.78 is 0. The summed E-state index contributed by atoms with van der Waals surface area (Å²) in [7, 11) is 0. The number of hydrogen-bond acceptors (Lipinski definition) is 4. The van der Waals surface area contributed by atoms with Crippen molar-refractivity contribution in [3.8, 4) is 6.07 Å². The number of hydrogen-bond donors (Lipinski definition) is 1. The van der Waals surface area contributed by atoms with Gasteiger partial charge in [-0.15, -0.1) is 11.3 Å². The van der Waals surface area contributed by atoms with E-state index in [-0.39, 0.29) is 12.1 Å². The molecule has 1 aliphatic heterocycles. The molecule has 1 saturated heterocycles. The molecular formula is C9H10N2OS. The van der Waals surface area contributed by atoms with Crippen LogP contribution in [-0.2, 0) is 0 Å². The molecule has 4 heteroatoms. The fraction of sp³-hybridized carbons (Fsp3) is 0.444. The minimum atomic E-state index is -0.240. The third-order valence-electron chi connectivity index (χ3n) is 2.19. The van der Waals surface area contributed by atoms with Gasteiger partial charge in [0, 0.05) is 18.0 Å². The van der Waals surface area contributed by atoms with Crippen LogP contribution < -0.4 is 0 Å². The number of thiophene rings is 1. The van der Waals surface area contributed by atoms with Crippen molar-refractivity contribution in [2.75, 3.05) is 13.1 Å². The molecule has 3 nitrogen and oxygen atoms in total. The lowest BCUT2D eigenvalue weighted by molar-refractivity contribution is -0.0120. The highest BCUT2D eigenvalue weighted by Gasteiger charge is 2.32. The second-order valence-electron chi connectivity index (χ2n) is 3.15. The van der Waals surface area contributed by atoms with Crippen LogP contribution in [0.1, 0.15) is 10.9 Å². The molecule has 1 aromatic rings. The Kier molecular flexibility index (Phi) is 2.32. The minimum Gasteiger partial charge on any atom is -0.390 e. The van der Waals surface area contributed by atoms with Gasteiger partial charge < -0.3 is 5.11 Å². The fourth-order valence-electron chi connectivity index (χ4n) is 1.47. The number of rotatable bonds is 2. The Balaban J connectivity index is 2.08. The van der Waals surface area contributed by atoms with Crippen LogP contribution >= 0.6 is 11.3 Å². The van der Waals surface area contributed by atoms with Crippen LogP contribution in [0, 0.1) is 11.3 Å².